The Morgan fingerprint density at radius 2 is 1.75 bits per heavy atom. The smallest absolute Gasteiger partial charge is 0.0113 e. The topological polar surface area (TPSA) is 26.0 Å². The van der Waals surface area contributed by atoms with E-state index < -0.39 is 0 Å². The highest BCUT2D eigenvalue weighted by molar-refractivity contribution is 5.23. The lowest BCUT2D eigenvalue weighted by Crippen LogP contribution is -2.27. The van der Waals surface area contributed by atoms with Gasteiger partial charge in [-0.3, -0.25) is 0 Å². The number of hydrogen-bond acceptors (Lipinski definition) is 1. The van der Waals surface area contributed by atoms with Crippen LogP contribution in [0.1, 0.15) is 38.3 Å². The number of aryl methyl sites for hydroxylation is 1. The average molecular weight is 217 g/mol. The quantitative estimate of drug-likeness (QED) is 0.823. The minimum Gasteiger partial charge on any atom is -0.327 e. The molecule has 1 aliphatic carbocycles. The van der Waals surface area contributed by atoms with Gasteiger partial charge in [0, 0.05) is 6.04 Å². The van der Waals surface area contributed by atoms with Gasteiger partial charge in [-0.2, -0.15) is 0 Å². The number of nitrogens with two attached hydrogens (primary N) is 1. The molecule has 0 aliphatic heterocycles. The summed E-state index contributed by atoms with van der Waals surface area (Å²) in [5.41, 5.74) is 9.53. The van der Waals surface area contributed by atoms with Crippen molar-refractivity contribution in [2.45, 2.75) is 46.1 Å². The summed E-state index contributed by atoms with van der Waals surface area (Å²) in [5, 5.41) is 0. The van der Waals surface area contributed by atoms with Gasteiger partial charge in [0.1, 0.15) is 0 Å². The van der Waals surface area contributed by atoms with Gasteiger partial charge < -0.3 is 5.73 Å². The molecule has 2 unspecified atom stereocenters. The van der Waals surface area contributed by atoms with Crippen LogP contribution in [0.3, 0.4) is 0 Å². The van der Waals surface area contributed by atoms with E-state index in [2.05, 4.69) is 45.0 Å². The maximum atomic E-state index is 6.26. The molecule has 1 saturated carbocycles. The largest absolute Gasteiger partial charge is 0.327 e. The van der Waals surface area contributed by atoms with Gasteiger partial charge in [0.2, 0.25) is 0 Å². The van der Waals surface area contributed by atoms with Crippen LogP contribution in [-0.2, 0) is 12.8 Å². The molecule has 1 fully saturated rings. The molecule has 1 nitrogen and oxygen atoms in total. The van der Waals surface area contributed by atoms with Crippen LogP contribution >= 0.6 is 0 Å². The molecule has 1 aromatic carbocycles. The molecule has 16 heavy (non-hydrogen) atoms. The monoisotopic (exact) mass is 217 g/mol. The van der Waals surface area contributed by atoms with Gasteiger partial charge in [-0.25, -0.2) is 0 Å². The molecule has 0 spiro atoms. The van der Waals surface area contributed by atoms with E-state index in [0.29, 0.717) is 11.5 Å². The molecule has 0 saturated heterocycles. The van der Waals surface area contributed by atoms with Crippen molar-refractivity contribution in [3.05, 3.63) is 35.4 Å². The van der Waals surface area contributed by atoms with Crippen LogP contribution in [0.5, 0.6) is 0 Å². The maximum Gasteiger partial charge on any atom is 0.0113 e. The van der Waals surface area contributed by atoms with Crippen molar-refractivity contribution >= 4 is 0 Å². The summed E-state index contributed by atoms with van der Waals surface area (Å²) >= 11 is 0. The minimum absolute atomic E-state index is 0.336. The maximum absolute atomic E-state index is 6.26. The fraction of sp³-hybridized carbons (Fsp3) is 0.600. The van der Waals surface area contributed by atoms with Crippen LogP contribution in [0.4, 0.5) is 0 Å². The lowest BCUT2D eigenvalue weighted by Gasteiger charge is -2.13. The molecule has 2 rings (SSSR count). The van der Waals surface area contributed by atoms with E-state index in [4.69, 9.17) is 5.73 Å². The Balaban J connectivity index is 1.94. The summed E-state index contributed by atoms with van der Waals surface area (Å²) in [5.74, 6) is 0.721. The Morgan fingerprint density at radius 1 is 1.25 bits per heavy atom. The van der Waals surface area contributed by atoms with Gasteiger partial charge in [0.25, 0.3) is 0 Å². The molecule has 1 aromatic rings. The second kappa shape index (κ2) is 4.21. The van der Waals surface area contributed by atoms with Crippen LogP contribution in [-0.4, -0.2) is 6.04 Å². The fourth-order valence-corrected chi connectivity index (χ4v) is 2.56. The Kier molecular flexibility index (Phi) is 3.07. The normalized spacial score (nSPS) is 24.1. The average Bonchev–Trinajstić information content (AvgIpc) is 2.89. The molecule has 88 valence electrons. The van der Waals surface area contributed by atoms with Crippen LogP contribution in [0.25, 0.3) is 0 Å². The van der Waals surface area contributed by atoms with Crippen molar-refractivity contribution in [1.29, 1.82) is 0 Å². The Bertz CT molecular complexity index is 350. The third-order valence-corrected chi connectivity index (χ3v) is 4.01. The first kappa shape index (κ1) is 11.7. The predicted octanol–water partition coefficient (Wildman–Crippen LogP) is 3.16. The van der Waals surface area contributed by atoms with Crippen molar-refractivity contribution in [2.24, 2.45) is 17.1 Å². The van der Waals surface area contributed by atoms with Crippen LogP contribution < -0.4 is 5.73 Å². The van der Waals surface area contributed by atoms with Crippen molar-refractivity contribution in [3.63, 3.8) is 0 Å². The standard InChI is InChI=1S/C15H23N/c1-4-11-5-7-12(8-6-11)9-14(16)13-10-15(13,2)3/h5-8,13-14H,4,9-10,16H2,1-3H3. The number of rotatable bonds is 4. The van der Waals surface area contributed by atoms with Crippen LogP contribution in [0.15, 0.2) is 24.3 Å². The van der Waals surface area contributed by atoms with Gasteiger partial charge in [0.05, 0.1) is 0 Å². The molecular weight excluding hydrogens is 194 g/mol. The zero-order chi connectivity index (χ0) is 11.8. The third-order valence-electron chi connectivity index (χ3n) is 4.01. The number of benzene rings is 1. The van der Waals surface area contributed by atoms with Gasteiger partial charge in [-0.15, -0.1) is 0 Å². The second-order valence-corrected chi connectivity index (χ2v) is 5.84. The Morgan fingerprint density at radius 3 is 2.19 bits per heavy atom. The molecule has 0 amide bonds. The molecule has 1 aliphatic rings. The first-order valence-electron chi connectivity index (χ1n) is 6.36. The number of hydrogen-bond donors (Lipinski definition) is 1. The summed E-state index contributed by atoms with van der Waals surface area (Å²) in [6, 6.07) is 9.24. The molecule has 0 radical (unpaired) electrons. The molecule has 0 aromatic heterocycles. The zero-order valence-corrected chi connectivity index (χ0v) is 10.7. The Hall–Kier alpha value is -0.820. The SMILES string of the molecule is CCc1ccc(CC(N)C2CC2(C)C)cc1. The van der Waals surface area contributed by atoms with Crippen molar-refractivity contribution < 1.29 is 0 Å². The second-order valence-electron chi connectivity index (χ2n) is 5.84. The molecule has 1 heteroatoms. The van der Waals surface area contributed by atoms with E-state index in [0.717, 1.165) is 18.8 Å². The van der Waals surface area contributed by atoms with Crippen molar-refractivity contribution in [3.8, 4) is 0 Å². The van der Waals surface area contributed by atoms with E-state index in [9.17, 15) is 0 Å². The summed E-state index contributed by atoms with van der Waals surface area (Å²) in [6.45, 7) is 6.82. The lowest BCUT2D eigenvalue weighted by molar-refractivity contribution is 0.476. The van der Waals surface area contributed by atoms with E-state index in [-0.39, 0.29) is 0 Å². The molecule has 2 atom stereocenters. The fourth-order valence-electron chi connectivity index (χ4n) is 2.56. The van der Waals surface area contributed by atoms with Gasteiger partial charge in [0.15, 0.2) is 0 Å². The first-order valence-corrected chi connectivity index (χ1v) is 6.36. The lowest BCUT2D eigenvalue weighted by atomic mass is 9.97. The van der Waals surface area contributed by atoms with Crippen molar-refractivity contribution in [1.82, 2.24) is 0 Å². The van der Waals surface area contributed by atoms with Crippen LogP contribution in [0, 0.1) is 11.3 Å². The molecule has 0 heterocycles. The van der Waals surface area contributed by atoms with E-state index in [1.807, 2.05) is 0 Å². The summed E-state index contributed by atoms with van der Waals surface area (Å²) in [7, 11) is 0. The van der Waals surface area contributed by atoms with Crippen LogP contribution in [0.2, 0.25) is 0 Å². The highest BCUT2D eigenvalue weighted by atomic mass is 14.7. The van der Waals surface area contributed by atoms with E-state index >= 15 is 0 Å². The summed E-state index contributed by atoms with van der Waals surface area (Å²) in [6.07, 6.45) is 3.43. The van der Waals surface area contributed by atoms with E-state index in [1.165, 1.54) is 17.5 Å². The first-order chi connectivity index (χ1) is 7.53. The molecular formula is C15H23N. The molecule has 0 bridgehead atoms. The predicted molar refractivity (Wildman–Crippen MR) is 69.4 cm³/mol. The summed E-state index contributed by atoms with van der Waals surface area (Å²) < 4.78 is 0. The van der Waals surface area contributed by atoms with Gasteiger partial charge in [-0.1, -0.05) is 45.0 Å². The summed E-state index contributed by atoms with van der Waals surface area (Å²) in [4.78, 5) is 0. The van der Waals surface area contributed by atoms with E-state index in [1.54, 1.807) is 0 Å². The highest BCUT2D eigenvalue weighted by Gasteiger charge is 2.48. The zero-order valence-electron chi connectivity index (χ0n) is 10.7. The molecule has 2 N–H and O–H groups in total. The third kappa shape index (κ3) is 2.46. The Labute approximate surface area is 99.0 Å². The minimum atomic E-state index is 0.336. The van der Waals surface area contributed by atoms with Gasteiger partial charge in [-0.05, 0) is 41.7 Å². The van der Waals surface area contributed by atoms with Gasteiger partial charge >= 0.3 is 0 Å². The van der Waals surface area contributed by atoms with Crippen molar-refractivity contribution in [2.75, 3.05) is 0 Å². The highest BCUT2D eigenvalue weighted by Crippen LogP contribution is 2.53.